The van der Waals surface area contributed by atoms with E-state index < -0.39 is 11.6 Å². The lowest BCUT2D eigenvalue weighted by atomic mass is 9.80. The fourth-order valence-electron chi connectivity index (χ4n) is 3.43. The Balaban J connectivity index is 2.57. The number of carbonyl (C=O) groups excluding carboxylic acids is 2. The van der Waals surface area contributed by atoms with Crippen molar-refractivity contribution >= 4 is 29.3 Å². The third-order valence-electron chi connectivity index (χ3n) is 4.50. The highest BCUT2D eigenvalue weighted by atomic mass is 32.1. The van der Waals surface area contributed by atoms with Crippen LogP contribution in [0.4, 0.5) is 4.79 Å². The number of nitrogens with zero attached hydrogens (tertiary/aromatic N) is 2. The van der Waals surface area contributed by atoms with Crippen LogP contribution >= 0.6 is 12.2 Å². The maximum atomic E-state index is 13.1. The molecule has 5 nitrogen and oxygen atoms in total. The molecule has 2 fully saturated rings. The smallest absolute Gasteiger partial charge is 0.422 e. The first kappa shape index (κ1) is 18.4. The average molecular weight is 348 g/mol. The predicted octanol–water partition coefficient (Wildman–Crippen LogP) is 3.92. The molecule has 0 N–H and O–H groups in total. The van der Waals surface area contributed by atoms with E-state index in [1.54, 1.807) is 0 Å². The van der Waals surface area contributed by atoms with Gasteiger partial charge in [-0.05, 0) is 51.1 Å². The molecular formula is C18H24N2O3S. The number of methoxy groups -OCH3 is 1. The highest BCUT2D eigenvalue weighted by molar-refractivity contribution is 7.80. The van der Waals surface area contributed by atoms with Gasteiger partial charge >= 0.3 is 6.09 Å². The van der Waals surface area contributed by atoms with Crippen molar-refractivity contribution in [1.82, 2.24) is 9.80 Å². The second-order valence-electron chi connectivity index (χ2n) is 5.94. The van der Waals surface area contributed by atoms with Gasteiger partial charge in [0.15, 0.2) is 5.11 Å². The number of allylic oxidation sites excluding steroid dienone is 5. The Morgan fingerprint density at radius 1 is 1.21 bits per heavy atom. The summed E-state index contributed by atoms with van der Waals surface area (Å²) in [6.07, 6.45) is 13.2. The van der Waals surface area contributed by atoms with Crippen molar-refractivity contribution < 1.29 is 14.3 Å². The van der Waals surface area contributed by atoms with Crippen LogP contribution in [0.2, 0.25) is 0 Å². The molecule has 0 bridgehead atoms. The maximum absolute atomic E-state index is 13.1. The molecule has 1 saturated heterocycles. The molecule has 24 heavy (non-hydrogen) atoms. The van der Waals surface area contributed by atoms with E-state index in [0.717, 1.165) is 29.9 Å². The lowest BCUT2D eigenvalue weighted by molar-refractivity contribution is -0.133. The molecule has 1 saturated carbocycles. The van der Waals surface area contributed by atoms with Crippen molar-refractivity contribution in [1.29, 1.82) is 0 Å². The quantitative estimate of drug-likeness (QED) is 0.571. The number of imide groups is 1. The summed E-state index contributed by atoms with van der Waals surface area (Å²) in [5.41, 5.74) is 0.0263. The third kappa shape index (κ3) is 3.02. The Morgan fingerprint density at radius 2 is 1.88 bits per heavy atom. The zero-order valence-electron chi connectivity index (χ0n) is 14.4. The van der Waals surface area contributed by atoms with Gasteiger partial charge in [-0.25, -0.2) is 4.79 Å². The minimum Gasteiger partial charge on any atom is -0.452 e. The van der Waals surface area contributed by atoms with E-state index in [4.69, 9.17) is 17.0 Å². The molecule has 130 valence electrons. The first-order valence-corrected chi connectivity index (χ1v) is 8.66. The number of thiocarbonyl (C=S) groups is 1. The molecule has 1 aliphatic heterocycles. The Hall–Kier alpha value is -1.95. The van der Waals surface area contributed by atoms with Gasteiger partial charge in [-0.1, -0.05) is 37.5 Å². The SMILES string of the molecule is C\C=C/C=C(\C=C/C)N1C(=S)N(C(=O)OC)C(=O)C12CCCCC2. The molecular weight excluding hydrogens is 324 g/mol. The largest absolute Gasteiger partial charge is 0.452 e. The van der Waals surface area contributed by atoms with E-state index in [9.17, 15) is 9.59 Å². The molecule has 2 amide bonds. The molecule has 0 unspecified atom stereocenters. The van der Waals surface area contributed by atoms with Crippen LogP contribution in [0, 0.1) is 0 Å². The van der Waals surface area contributed by atoms with Crippen molar-refractivity contribution in [3.63, 3.8) is 0 Å². The molecule has 0 aromatic rings. The number of rotatable bonds is 3. The molecule has 1 heterocycles. The van der Waals surface area contributed by atoms with Gasteiger partial charge in [0, 0.05) is 5.70 Å². The second-order valence-corrected chi connectivity index (χ2v) is 6.30. The van der Waals surface area contributed by atoms with Crippen molar-refractivity contribution in [2.24, 2.45) is 0 Å². The number of amides is 2. The highest BCUT2D eigenvalue weighted by Gasteiger charge is 2.58. The van der Waals surface area contributed by atoms with Crippen LogP contribution in [0.25, 0.3) is 0 Å². The Labute approximate surface area is 148 Å². The fourth-order valence-corrected chi connectivity index (χ4v) is 3.87. The van der Waals surface area contributed by atoms with Gasteiger partial charge in [0.1, 0.15) is 5.54 Å². The molecule has 0 aromatic heterocycles. The van der Waals surface area contributed by atoms with Gasteiger partial charge in [-0.2, -0.15) is 4.90 Å². The van der Waals surface area contributed by atoms with E-state index in [1.165, 1.54) is 7.11 Å². The molecule has 1 spiro atoms. The number of hydrogen-bond donors (Lipinski definition) is 0. The molecule has 2 aliphatic rings. The summed E-state index contributed by atoms with van der Waals surface area (Å²) in [7, 11) is 1.26. The van der Waals surface area contributed by atoms with E-state index in [-0.39, 0.29) is 11.0 Å². The van der Waals surface area contributed by atoms with Gasteiger partial charge in [-0.3, -0.25) is 4.79 Å². The summed E-state index contributed by atoms with van der Waals surface area (Å²) < 4.78 is 4.78. The lowest BCUT2D eigenvalue weighted by Gasteiger charge is -2.39. The van der Waals surface area contributed by atoms with Crippen LogP contribution in [0.5, 0.6) is 0 Å². The summed E-state index contributed by atoms with van der Waals surface area (Å²) >= 11 is 5.51. The van der Waals surface area contributed by atoms with Gasteiger partial charge in [0.25, 0.3) is 5.91 Å². The van der Waals surface area contributed by atoms with Crippen LogP contribution in [0.15, 0.2) is 36.1 Å². The van der Waals surface area contributed by atoms with Crippen molar-refractivity contribution in [2.75, 3.05) is 7.11 Å². The summed E-state index contributed by atoms with van der Waals surface area (Å²) in [5, 5.41) is 0.197. The van der Waals surface area contributed by atoms with Crippen molar-refractivity contribution in [3.05, 3.63) is 36.1 Å². The monoisotopic (exact) mass is 348 g/mol. The van der Waals surface area contributed by atoms with Gasteiger partial charge in [-0.15, -0.1) is 0 Å². The first-order valence-electron chi connectivity index (χ1n) is 8.26. The molecule has 0 radical (unpaired) electrons. The van der Waals surface area contributed by atoms with E-state index in [1.807, 2.05) is 49.1 Å². The van der Waals surface area contributed by atoms with E-state index in [0.29, 0.717) is 12.8 Å². The maximum Gasteiger partial charge on any atom is 0.422 e. The van der Waals surface area contributed by atoms with Crippen molar-refractivity contribution in [3.8, 4) is 0 Å². The molecule has 2 rings (SSSR count). The summed E-state index contributed by atoms with van der Waals surface area (Å²) in [5.74, 6) is -0.269. The molecule has 0 aromatic carbocycles. The van der Waals surface area contributed by atoms with Crippen LogP contribution in [0.1, 0.15) is 46.0 Å². The normalized spacial score (nSPS) is 21.5. The Bertz CT molecular complexity index is 616. The second kappa shape index (κ2) is 7.75. The van der Waals surface area contributed by atoms with Gasteiger partial charge in [0.2, 0.25) is 0 Å². The first-order chi connectivity index (χ1) is 11.5. The van der Waals surface area contributed by atoms with Crippen molar-refractivity contribution in [2.45, 2.75) is 51.5 Å². The van der Waals surface area contributed by atoms with Crippen LogP contribution in [-0.2, 0) is 9.53 Å². The number of hydrogen-bond acceptors (Lipinski definition) is 4. The summed E-state index contributed by atoms with van der Waals surface area (Å²) in [6.45, 7) is 3.84. The summed E-state index contributed by atoms with van der Waals surface area (Å²) in [4.78, 5) is 28.1. The Kier molecular flexibility index (Phi) is 5.94. The average Bonchev–Trinajstić information content (AvgIpc) is 2.79. The van der Waals surface area contributed by atoms with Gasteiger partial charge in [0.05, 0.1) is 7.11 Å². The lowest BCUT2D eigenvalue weighted by Crippen LogP contribution is -2.50. The zero-order chi connectivity index (χ0) is 17.7. The highest BCUT2D eigenvalue weighted by Crippen LogP contribution is 2.43. The van der Waals surface area contributed by atoms with Gasteiger partial charge < -0.3 is 9.64 Å². The molecule has 6 heteroatoms. The van der Waals surface area contributed by atoms with Crippen LogP contribution < -0.4 is 0 Å². The minimum absolute atomic E-state index is 0.197. The van der Waals surface area contributed by atoms with Crippen LogP contribution in [-0.4, -0.2) is 39.6 Å². The third-order valence-corrected chi connectivity index (χ3v) is 4.87. The molecule has 0 atom stereocenters. The van der Waals surface area contributed by atoms with E-state index in [2.05, 4.69) is 0 Å². The van der Waals surface area contributed by atoms with Crippen LogP contribution in [0.3, 0.4) is 0 Å². The Morgan fingerprint density at radius 3 is 2.42 bits per heavy atom. The summed E-state index contributed by atoms with van der Waals surface area (Å²) in [6, 6.07) is 0. The number of carbonyl (C=O) groups is 2. The van der Waals surface area contributed by atoms with E-state index >= 15 is 0 Å². The molecule has 1 aliphatic carbocycles. The fraction of sp³-hybridized carbons (Fsp3) is 0.500. The minimum atomic E-state index is -0.781. The topological polar surface area (TPSA) is 49.9 Å². The predicted molar refractivity (Wildman–Crippen MR) is 97.2 cm³/mol. The zero-order valence-corrected chi connectivity index (χ0v) is 15.3. The standard InChI is InChI=1S/C18H24N2O3S/c1-4-6-11-14(10-5-2)20-16(24)19(17(22)23-3)15(21)18(20)12-8-7-9-13-18/h4-6,10-11H,7-9,12-13H2,1-3H3/b6-4-,10-5-,14-11+. The number of ether oxygens (including phenoxy) is 1.